The molecule has 0 bridgehead atoms. The van der Waals surface area contributed by atoms with Crippen LogP contribution >= 0.6 is 0 Å². The van der Waals surface area contributed by atoms with E-state index in [4.69, 9.17) is 0 Å². The first-order chi connectivity index (χ1) is 9.09. The Morgan fingerprint density at radius 2 is 1.95 bits per heavy atom. The number of aryl methyl sites for hydroxylation is 1. The molecule has 2 N–H and O–H groups in total. The zero-order chi connectivity index (χ0) is 13.7. The first-order valence-electron chi connectivity index (χ1n) is 6.48. The lowest BCUT2D eigenvalue weighted by Crippen LogP contribution is -2.35. The quantitative estimate of drug-likeness (QED) is 0.863. The fourth-order valence-corrected chi connectivity index (χ4v) is 2.02. The number of hydrogen-bond acceptors (Lipinski definition) is 3. The number of rotatable bonds is 5. The summed E-state index contributed by atoms with van der Waals surface area (Å²) in [5.41, 5.74) is 2.43. The second-order valence-corrected chi connectivity index (χ2v) is 5.05. The van der Waals surface area contributed by atoms with E-state index in [0.29, 0.717) is 13.1 Å². The standard InChI is InChI=1S/C16H20N2O/c1-13-8-9-17-10-14(13)11-18-12-16(2,19)15-6-4-3-5-7-15/h3-10,18-19H,11-12H2,1-2H3. The summed E-state index contributed by atoms with van der Waals surface area (Å²) in [4.78, 5) is 4.12. The minimum Gasteiger partial charge on any atom is -0.384 e. The molecule has 0 saturated carbocycles. The number of nitrogens with one attached hydrogen (secondary N) is 1. The van der Waals surface area contributed by atoms with Crippen LogP contribution in [0.1, 0.15) is 23.6 Å². The van der Waals surface area contributed by atoms with Crippen molar-refractivity contribution in [1.29, 1.82) is 0 Å². The Labute approximate surface area is 114 Å². The summed E-state index contributed by atoms with van der Waals surface area (Å²) in [6, 6.07) is 11.7. The van der Waals surface area contributed by atoms with E-state index in [0.717, 1.165) is 11.1 Å². The van der Waals surface area contributed by atoms with Crippen LogP contribution in [0.15, 0.2) is 48.8 Å². The molecule has 2 rings (SSSR count). The van der Waals surface area contributed by atoms with Crippen LogP contribution in [-0.4, -0.2) is 16.6 Å². The molecule has 3 heteroatoms. The Morgan fingerprint density at radius 3 is 2.63 bits per heavy atom. The first-order valence-corrected chi connectivity index (χ1v) is 6.48. The minimum absolute atomic E-state index is 0.505. The van der Waals surface area contributed by atoms with Gasteiger partial charge in [0.2, 0.25) is 0 Å². The molecular formula is C16H20N2O. The molecule has 1 unspecified atom stereocenters. The molecule has 2 aromatic rings. The van der Waals surface area contributed by atoms with E-state index in [1.54, 1.807) is 6.20 Å². The Balaban J connectivity index is 1.94. The lowest BCUT2D eigenvalue weighted by Gasteiger charge is -2.24. The normalized spacial score (nSPS) is 14.1. The van der Waals surface area contributed by atoms with Crippen LogP contribution in [0.2, 0.25) is 0 Å². The van der Waals surface area contributed by atoms with Crippen molar-refractivity contribution in [3.63, 3.8) is 0 Å². The summed E-state index contributed by atoms with van der Waals surface area (Å²) in [5.74, 6) is 0. The zero-order valence-corrected chi connectivity index (χ0v) is 11.4. The van der Waals surface area contributed by atoms with Gasteiger partial charge in [0.25, 0.3) is 0 Å². The number of pyridine rings is 1. The molecule has 0 radical (unpaired) electrons. The van der Waals surface area contributed by atoms with Crippen molar-refractivity contribution < 1.29 is 5.11 Å². The summed E-state index contributed by atoms with van der Waals surface area (Å²) in [5, 5.41) is 13.7. The average molecular weight is 256 g/mol. The van der Waals surface area contributed by atoms with E-state index in [1.807, 2.05) is 49.5 Å². The third-order valence-corrected chi connectivity index (χ3v) is 3.33. The average Bonchev–Trinajstić information content (AvgIpc) is 2.42. The van der Waals surface area contributed by atoms with E-state index in [9.17, 15) is 5.11 Å². The van der Waals surface area contributed by atoms with Crippen molar-refractivity contribution >= 4 is 0 Å². The summed E-state index contributed by atoms with van der Waals surface area (Å²) >= 11 is 0. The van der Waals surface area contributed by atoms with E-state index >= 15 is 0 Å². The zero-order valence-electron chi connectivity index (χ0n) is 11.4. The van der Waals surface area contributed by atoms with Gasteiger partial charge in [-0.1, -0.05) is 30.3 Å². The van der Waals surface area contributed by atoms with Crippen LogP contribution in [0, 0.1) is 6.92 Å². The molecule has 0 aliphatic rings. The maximum Gasteiger partial charge on any atom is 0.0992 e. The number of aliphatic hydroxyl groups is 1. The van der Waals surface area contributed by atoms with Crippen molar-refractivity contribution in [2.45, 2.75) is 26.0 Å². The Bertz CT molecular complexity index is 523. The highest BCUT2D eigenvalue weighted by Gasteiger charge is 2.21. The van der Waals surface area contributed by atoms with Crippen molar-refractivity contribution in [2.24, 2.45) is 0 Å². The predicted molar refractivity (Wildman–Crippen MR) is 76.7 cm³/mol. The third kappa shape index (κ3) is 3.63. The highest BCUT2D eigenvalue weighted by atomic mass is 16.3. The van der Waals surface area contributed by atoms with Crippen LogP contribution in [0.4, 0.5) is 0 Å². The molecule has 1 aromatic carbocycles. The first kappa shape index (κ1) is 13.7. The van der Waals surface area contributed by atoms with Crippen molar-refractivity contribution in [2.75, 3.05) is 6.54 Å². The van der Waals surface area contributed by atoms with Crippen LogP contribution in [0.5, 0.6) is 0 Å². The van der Waals surface area contributed by atoms with Crippen LogP contribution in [0.3, 0.4) is 0 Å². The lowest BCUT2D eigenvalue weighted by atomic mass is 9.96. The van der Waals surface area contributed by atoms with Gasteiger partial charge in [-0.3, -0.25) is 4.98 Å². The van der Waals surface area contributed by atoms with Crippen molar-refractivity contribution in [1.82, 2.24) is 10.3 Å². The van der Waals surface area contributed by atoms with Crippen LogP contribution < -0.4 is 5.32 Å². The molecule has 1 atom stereocenters. The van der Waals surface area contributed by atoms with Gasteiger partial charge < -0.3 is 10.4 Å². The minimum atomic E-state index is -0.864. The molecule has 1 aromatic heterocycles. The summed E-state index contributed by atoms with van der Waals surface area (Å²) in [6.07, 6.45) is 3.65. The number of aromatic nitrogens is 1. The van der Waals surface area contributed by atoms with Crippen LogP contribution in [0.25, 0.3) is 0 Å². The summed E-state index contributed by atoms with van der Waals surface area (Å²) in [6.45, 7) is 5.10. The largest absolute Gasteiger partial charge is 0.384 e. The van der Waals surface area contributed by atoms with E-state index < -0.39 is 5.60 Å². The Hall–Kier alpha value is -1.71. The maximum atomic E-state index is 10.5. The Morgan fingerprint density at radius 1 is 1.21 bits per heavy atom. The van der Waals surface area contributed by atoms with E-state index in [1.165, 1.54) is 5.56 Å². The molecule has 0 spiro atoms. The molecular weight excluding hydrogens is 236 g/mol. The van der Waals surface area contributed by atoms with Gasteiger partial charge in [0, 0.05) is 25.5 Å². The van der Waals surface area contributed by atoms with Gasteiger partial charge in [0.05, 0.1) is 5.60 Å². The van der Waals surface area contributed by atoms with Crippen molar-refractivity contribution in [3.8, 4) is 0 Å². The van der Waals surface area contributed by atoms with Gasteiger partial charge in [-0.15, -0.1) is 0 Å². The van der Waals surface area contributed by atoms with Gasteiger partial charge in [-0.05, 0) is 36.6 Å². The fourth-order valence-electron chi connectivity index (χ4n) is 2.02. The van der Waals surface area contributed by atoms with Gasteiger partial charge >= 0.3 is 0 Å². The monoisotopic (exact) mass is 256 g/mol. The second-order valence-electron chi connectivity index (χ2n) is 5.05. The second kappa shape index (κ2) is 5.95. The number of benzene rings is 1. The Kier molecular flexibility index (Phi) is 4.30. The summed E-state index contributed by atoms with van der Waals surface area (Å²) < 4.78 is 0. The molecule has 19 heavy (non-hydrogen) atoms. The molecule has 100 valence electrons. The summed E-state index contributed by atoms with van der Waals surface area (Å²) in [7, 11) is 0. The molecule has 0 amide bonds. The molecule has 3 nitrogen and oxygen atoms in total. The predicted octanol–water partition coefficient (Wildman–Crippen LogP) is 2.39. The van der Waals surface area contributed by atoms with E-state index in [-0.39, 0.29) is 0 Å². The van der Waals surface area contributed by atoms with Gasteiger partial charge in [-0.25, -0.2) is 0 Å². The van der Waals surface area contributed by atoms with Gasteiger partial charge in [-0.2, -0.15) is 0 Å². The highest BCUT2D eigenvalue weighted by Crippen LogP contribution is 2.19. The molecule has 0 fully saturated rings. The lowest BCUT2D eigenvalue weighted by molar-refractivity contribution is 0.0566. The maximum absolute atomic E-state index is 10.5. The molecule has 0 saturated heterocycles. The fraction of sp³-hybridized carbons (Fsp3) is 0.312. The third-order valence-electron chi connectivity index (χ3n) is 3.33. The topological polar surface area (TPSA) is 45.2 Å². The number of hydrogen-bond donors (Lipinski definition) is 2. The van der Waals surface area contributed by atoms with Crippen LogP contribution in [-0.2, 0) is 12.1 Å². The van der Waals surface area contributed by atoms with E-state index in [2.05, 4.69) is 17.2 Å². The smallest absolute Gasteiger partial charge is 0.0992 e. The molecule has 0 aliphatic carbocycles. The van der Waals surface area contributed by atoms with Crippen molar-refractivity contribution in [3.05, 3.63) is 65.5 Å². The number of nitrogens with zero attached hydrogens (tertiary/aromatic N) is 1. The van der Waals surface area contributed by atoms with Gasteiger partial charge in [0.1, 0.15) is 0 Å². The SMILES string of the molecule is Cc1ccncc1CNCC(C)(O)c1ccccc1. The molecule has 0 aliphatic heterocycles. The van der Waals surface area contributed by atoms with Gasteiger partial charge in [0.15, 0.2) is 0 Å². The highest BCUT2D eigenvalue weighted by molar-refractivity contribution is 5.23. The molecule has 1 heterocycles.